The fourth-order valence-corrected chi connectivity index (χ4v) is 1.79. The van der Waals surface area contributed by atoms with Crippen molar-refractivity contribution in [1.29, 1.82) is 5.26 Å². The van der Waals surface area contributed by atoms with Crippen LogP contribution >= 0.6 is 0 Å². The molecule has 0 saturated heterocycles. The third kappa shape index (κ3) is 3.75. The normalized spacial score (nSPS) is 28.3. The van der Waals surface area contributed by atoms with Crippen molar-refractivity contribution in [2.24, 2.45) is 5.92 Å². The van der Waals surface area contributed by atoms with Crippen molar-refractivity contribution in [2.45, 2.75) is 31.7 Å². The predicted molar refractivity (Wildman–Crippen MR) is 51.2 cm³/mol. The smallest absolute Gasteiger partial charge is 0.0655 e. The number of hydrogen-bond donors (Lipinski definition) is 1. The van der Waals surface area contributed by atoms with Gasteiger partial charge in [-0.25, -0.2) is 0 Å². The average molecular weight is 182 g/mol. The Labute approximate surface area is 80.1 Å². The van der Waals surface area contributed by atoms with Crippen LogP contribution in [0, 0.1) is 17.2 Å². The van der Waals surface area contributed by atoms with Crippen molar-refractivity contribution in [3.8, 4) is 6.07 Å². The third-order valence-corrected chi connectivity index (χ3v) is 2.65. The Kier molecular flexibility index (Phi) is 4.81. The summed E-state index contributed by atoms with van der Waals surface area (Å²) < 4.78 is 4.96. The Morgan fingerprint density at radius 2 is 2.08 bits per heavy atom. The number of hydrogen-bond acceptors (Lipinski definition) is 3. The zero-order valence-electron chi connectivity index (χ0n) is 8.25. The molecule has 1 aliphatic carbocycles. The van der Waals surface area contributed by atoms with E-state index in [-0.39, 0.29) is 0 Å². The summed E-state index contributed by atoms with van der Waals surface area (Å²) in [5.74, 6) is 0.306. The van der Waals surface area contributed by atoms with E-state index in [4.69, 9.17) is 10.00 Å². The van der Waals surface area contributed by atoms with Crippen LogP contribution < -0.4 is 5.32 Å². The molecule has 13 heavy (non-hydrogen) atoms. The van der Waals surface area contributed by atoms with Gasteiger partial charge in [0.25, 0.3) is 0 Å². The van der Waals surface area contributed by atoms with Crippen LogP contribution in [0.2, 0.25) is 0 Å². The van der Waals surface area contributed by atoms with Crippen molar-refractivity contribution in [1.82, 2.24) is 5.32 Å². The van der Waals surface area contributed by atoms with Gasteiger partial charge in [0.15, 0.2) is 0 Å². The van der Waals surface area contributed by atoms with Gasteiger partial charge >= 0.3 is 0 Å². The van der Waals surface area contributed by atoms with Crippen LogP contribution in [0.4, 0.5) is 0 Å². The van der Waals surface area contributed by atoms with Gasteiger partial charge in [-0.05, 0) is 25.7 Å². The van der Waals surface area contributed by atoms with Crippen molar-refractivity contribution >= 4 is 0 Å². The van der Waals surface area contributed by atoms with Gasteiger partial charge in [0.1, 0.15) is 0 Å². The zero-order valence-corrected chi connectivity index (χ0v) is 8.25. The lowest BCUT2D eigenvalue weighted by Gasteiger charge is -2.25. The first-order valence-electron chi connectivity index (χ1n) is 4.98. The molecule has 0 radical (unpaired) electrons. The van der Waals surface area contributed by atoms with E-state index in [0.29, 0.717) is 12.0 Å². The van der Waals surface area contributed by atoms with E-state index in [0.717, 1.165) is 38.8 Å². The van der Waals surface area contributed by atoms with Gasteiger partial charge in [-0.2, -0.15) is 5.26 Å². The van der Waals surface area contributed by atoms with E-state index < -0.39 is 0 Å². The van der Waals surface area contributed by atoms with E-state index in [2.05, 4.69) is 11.4 Å². The summed E-state index contributed by atoms with van der Waals surface area (Å²) in [5, 5.41) is 12.1. The summed E-state index contributed by atoms with van der Waals surface area (Å²) in [7, 11) is 1.72. The third-order valence-electron chi connectivity index (χ3n) is 2.65. The number of nitriles is 1. The summed E-state index contributed by atoms with van der Waals surface area (Å²) in [4.78, 5) is 0. The van der Waals surface area contributed by atoms with Crippen LogP contribution in [0.3, 0.4) is 0 Å². The number of nitrogens with zero attached hydrogens (tertiary/aromatic N) is 1. The van der Waals surface area contributed by atoms with Crippen molar-refractivity contribution in [3.63, 3.8) is 0 Å². The van der Waals surface area contributed by atoms with E-state index in [9.17, 15) is 0 Å². The van der Waals surface area contributed by atoms with Crippen molar-refractivity contribution < 1.29 is 4.74 Å². The number of nitrogens with one attached hydrogen (secondary N) is 1. The minimum Gasteiger partial charge on any atom is -0.383 e. The highest BCUT2D eigenvalue weighted by Crippen LogP contribution is 2.23. The molecule has 0 bridgehead atoms. The predicted octanol–water partition coefficient (Wildman–Crippen LogP) is 1.30. The average Bonchev–Trinajstić information content (AvgIpc) is 2.19. The second-order valence-corrected chi connectivity index (χ2v) is 3.62. The molecule has 0 amide bonds. The first-order valence-corrected chi connectivity index (χ1v) is 4.98. The first-order chi connectivity index (χ1) is 6.36. The molecule has 1 N–H and O–H groups in total. The van der Waals surface area contributed by atoms with E-state index in [1.54, 1.807) is 7.11 Å². The largest absolute Gasteiger partial charge is 0.383 e. The summed E-state index contributed by atoms with van der Waals surface area (Å²) >= 11 is 0. The van der Waals surface area contributed by atoms with Crippen LogP contribution in [0.15, 0.2) is 0 Å². The number of ether oxygens (including phenoxy) is 1. The Morgan fingerprint density at radius 3 is 2.62 bits per heavy atom. The van der Waals surface area contributed by atoms with Crippen LogP contribution in [0.5, 0.6) is 0 Å². The maximum Gasteiger partial charge on any atom is 0.0655 e. The lowest BCUT2D eigenvalue weighted by atomic mass is 9.87. The molecule has 0 aliphatic heterocycles. The maximum atomic E-state index is 8.70. The van der Waals surface area contributed by atoms with E-state index in [1.807, 2.05) is 0 Å². The number of methoxy groups -OCH3 is 1. The van der Waals surface area contributed by atoms with Crippen molar-refractivity contribution in [3.05, 3.63) is 0 Å². The second-order valence-electron chi connectivity index (χ2n) is 3.62. The molecule has 3 heteroatoms. The molecule has 1 rings (SSSR count). The van der Waals surface area contributed by atoms with Gasteiger partial charge in [-0.15, -0.1) is 0 Å². The van der Waals surface area contributed by atoms with Crippen LogP contribution in [0.1, 0.15) is 25.7 Å². The van der Waals surface area contributed by atoms with Gasteiger partial charge < -0.3 is 10.1 Å². The molecule has 0 aromatic rings. The molecule has 0 spiro atoms. The van der Waals surface area contributed by atoms with Gasteiger partial charge in [-0.3, -0.25) is 0 Å². The summed E-state index contributed by atoms with van der Waals surface area (Å²) in [5.41, 5.74) is 0. The maximum absolute atomic E-state index is 8.70. The molecule has 74 valence electrons. The molecule has 0 atom stereocenters. The summed E-state index contributed by atoms with van der Waals surface area (Å²) in [6.07, 6.45) is 4.40. The van der Waals surface area contributed by atoms with Crippen LogP contribution in [0.25, 0.3) is 0 Å². The SMILES string of the molecule is COCCNC1CCC(C#N)CC1. The van der Waals surface area contributed by atoms with Gasteiger partial charge in [0, 0.05) is 25.6 Å². The molecule has 0 unspecified atom stereocenters. The topological polar surface area (TPSA) is 45.0 Å². The summed E-state index contributed by atoms with van der Waals surface area (Å²) in [6.45, 7) is 1.70. The molecule has 1 saturated carbocycles. The van der Waals surface area contributed by atoms with Gasteiger partial charge in [0.2, 0.25) is 0 Å². The van der Waals surface area contributed by atoms with Crippen molar-refractivity contribution in [2.75, 3.05) is 20.3 Å². The highest BCUT2D eigenvalue weighted by atomic mass is 16.5. The molecule has 1 fully saturated rings. The number of rotatable bonds is 4. The lowest BCUT2D eigenvalue weighted by Crippen LogP contribution is -2.34. The van der Waals surface area contributed by atoms with Gasteiger partial charge in [0.05, 0.1) is 12.7 Å². The lowest BCUT2D eigenvalue weighted by molar-refractivity contribution is 0.190. The fraction of sp³-hybridized carbons (Fsp3) is 0.900. The Balaban J connectivity index is 2.08. The highest BCUT2D eigenvalue weighted by Gasteiger charge is 2.19. The van der Waals surface area contributed by atoms with E-state index in [1.165, 1.54) is 0 Å². The zero-order chi connectivity index (χ0) is 9.52. The highest BCUT2D eigenvalue weighted by molar-refractivity contribution is 4.88. The van der Waals surface area contributed by atoms with E-state index >= 15 is 0 Å². The molecule has 3 nitrogen and oxygen atoms in total. The Hall–Kier alpha value is -0.590. The quantitative estimate of drug-likeness (QED) is 0.667. The Morgan fingerprint density at radius 1 is 1.38 bits per heavy atom. The molecule has 0 aromatic heterocycles. The standard InChI is InChI=1S/C10H18N2O/c1-13-7-6-12-10-4-2-9(8-11)3-5-10/h9-10,12H,2-7H2,1H3. The van der Waals surface area contributed by atoms with Crippen LogP contribution in [-0.4, -0.2) is 26.3 Å². The molecular weight excluding hydrogens is 164 g/mol. The minimum absolute atomic E-state index is 0.306. The monoisotopic (exact) mass is 182 g/mol. The molecule has 0 aromatic carbocycles. The van der Waals surface area contributed by atoms with Crippen LogP contribution in [-0.2, 0) is 4.74 Å². The first kappa shape index (κ1) is 10.5. The minimum atomic E-state index is 0.306. The fourth-order valence-electron chi connectivity index (χ4n) is 1.79. The Bertz CT molecular complexity index is 168. The summed E-state index contributed by atoms with van der Waals surface area (Å²) in [6, 6.07) is 2.95. The second kappa shape index (κ2) is 5.95. The van der Waals surface area contributed by atoms with Gasteiger partial charge in [-0.1, -0.05) is 0 Å². The molecule has 0 heterocycles. The molecular formula is C10H18N2O. The molecule has 1 aliphatic rings.